The Balaban J connectivity index is 1.61. The van der Waals surface area contributed by atoms with E-state index in [4.69, 9.17) is 9.29 Å². The van der Waals surface area contributed by atoms with Crippen LogP contribution >= 0.6 is 11.8 Å². The van der Waals surface area contributed by atoms with Crippen LogP contribution in [0.5, 0.6) is 5.75 Å². The number of carbonyl (C=O) groups excluding carboxylic acids is 2. The van der Waals surface area contributed by atoms with E-state index < -0.39 is 51.6 Å². The van der Waals surface area contributed by atoms with Gasteiger partial charge in [0.1, 0.15) is 11.4 Å². The molecular weight excluding hydrogens is 464 g/mol. The van der Waals surface area contributed by atoms with Crippen molar-refractivity contribution in [2.75, 3.05) is 6.61 Å². The Labute approximate surface area is 188 Å². The number of nitrogens with one attached hydrogen (secondary N) is 1. The van der Waals surface area contributed by atoms with Crippen LogP contribution in [0.3, 0.4) is 0 Å². The smallest absolute Gasteiger partial charge is 0.397 e. The molecule has 3 rings (SSSR count). The second-order valence-corrected chi connectivity index (χ2v) is 9.72. The minimum absolute atomic E-state index is 0.155. The zero-order valence-corrected chi connectivity index (χ0v) is 18.8. The molecule has 1 unspecified atom stereocenters. The highest BCUT2D eigenvalue weighted by molar-refractivity contribution is 8.03. The van der Waals surface area contributed by atoms with Gasteiger partial charge in [0.25, 0.3) is 5.91 Å². The Hall–Kier alpha value is -2.61. The Morgan fingerprint density at radius 3 is 2.53 bits per heavy atom. The van der Waals surface area contributed by atoms with E-state index in [9.17, 15) is 27.9 Å². The number of benzene rings is 1. The average Bonchev–Trinajstić information content (AvgIpc) is 2.99. The molecule has 13 heteroatoms. The average molecular weight is 487 g/mol. The van der Waals surface area contributed by atoms with Crippen molar-refractivity contribution in [2.24, 2.45) is 5.92 Å². The first-order valence-electron chi connectivity index (χ1n) is 9.57. The first-order valence-corrected chi connectivity index (χ1v) is 11.8. The summed E-state index contributed by atoms with van der Waals surface area (Å²) in [5.74, 6) is -2.71. The van der Waals surface area contributed by atoms with Crippen LogP contribution < -0.4 is 10.1 Å². The molecule has 0 bridgehead atoms. The van der Waals surface area contributed by atoms with Crippen LogP contribution in [-0.2, 0) is 29.0 Å². The van der Waals surface area contributed by atoms with Gasteiger partial charge in [0.15, 0.2) is 6.61 Å². The lowest BCUT2D eigenvalue weighted by Gasteiger charge is -2.45. The molecule has 2 amide bonds. The van der Waals surface area contributed by atoms with Gasteiger partial charge in [-0.2, -0.15) is 8.42 Å². The summed E-state index contributed by atoms with van der Waals surface area (Å²) >= 11 is 1.08. The van der Waals surface area contributed by atoms with Crippen molar-refractivity contribution in [1.29, 1.82) is 0 Å². The van der Waals surface area contributed by atoms with Crippen LogP contribution in [0.15, 0.2) is 40.9 Å². The molecular formula is C19H22N2O9S2. The summed E-state index contributed by atoms with van der Waals surface area (Å²) in [5, 5.41) is 11.8. The quantitative estimate of drug-likeness (QED) is 0.247. The molecule has 1 saturated heterocycles. The first-order chi connectivity index (χ1) is 15.0. The Morgan fingerprint density at radius 1 is 1.28 bits per heavy atom. The second-order valence-electron chi connectivity index (χ2n) is 7.24. The summed E-state index contributed by atoms with van der Waals surface area (Å²) in [4.78, 5) is 37.9. The highest BCUT2D eigenvalue weighted by Gasteiger charge is 2.58. The molecule has 0 spiro atoms. The van der Waals surface area contributed by atoms with Crippen LogP contribution in [0.25, 0.3) is 0 Å². The lowest BCUT2D eigenvalue weighted by Crippen LogP contribution is -2.62. The van der Waals surface area contributed by atoms with Crippen LogP contribution in [0, 0.1) is 5.92 Å². The number of para-hydroxylation sites is 1. The van der Waals surface area contributed by atoms with Gasteiger partial charge in [-0.3, -0.25) is 14.1 Å². The summed E-state index contributed by atoms with van der Waals surface area (Å²) in [6.45, 7) is 2.75. The molecule has 2 aliphatic heterocycles. The highest BCUT2D eigenvalue weighted by atomic mass is 32.3. The number of amides is 2. The van der Waals surface area contributed by atoms with Gasteiger partial charge >= 0.3 is 16.4 Å². The van der Waals surface area contributed by atoms with Crippen molar-refractivity contribution in [1.82, 2.24) is 10.2 Å². The van der Waals surface area contributed by atoms with E-state index in [2.05, 4.69) is 9.50 Å². The molecule has 2 aliphatic rings. The van der Waals surface area contributed by atoms with Crippen LogP contribution in [0.2, 0.25) is 0 Å². The molecule has 4 atom stereocenters. The van der Waals surface area contributed by atoms with Crippen molar-refractivity contribution in [3.63, 3.8) is 0 Å². The summed E-state index contributed by atoms with van der Waals surface area (Å²) < 4.78 is 40.6. The van der Waals surface area contributed by atoms with E-state index >= 15 is 0 Å². The van der Waals surface area contributed by atoms with Gasteiger partial charge in [-0.25, -0.2) is 8.98 Å². The van der Waals surface area contributed by atoms with E-state index in [1.54, 1.807) is 31.2 Å². The van der Waals surface area contributed by atoms with Gasteiger partial charge in [0.2, 0.25) is 5.91 Å². The number of thioether (sulfide) groups is 1. The Morgan fingerprint density at radius 2 is 1.94 bits per heavy atom. The third kappa shape index (κ3) is 5.41. The molecule has 0 aromatic heterocycles. The van der Waals surface area contributed by atoms with Crippen molar-refractivity contribution in [3.8, 4) is 5.75 Å². The van der Waals surface area contributed by atoms with Gasteiger partial charge < -0.3 is 20.1 Å². The number of fused-ring (bicyclic) bond motifs is 1. The van der Waals surface area contributed by atoms with E-state index in [0.29, 0.717) is 10.7 Å². The molecule has 1 fully saturated rings. The number of hydrogen-bond acceptors (Lipinski definition) is 8. The van der Waals surface area contributed by atoms with Gasteiger partial charge in [-0.05, 0) is 26.0 Å². The maximum Gasteiger partial charge on any atom is 0.397 e. The lowest BCUT2D eigenvalue weighted by molar-refractivity contribution is -0.160. The van der Waals surface area contributed by atoms with Crippen LogP contribution in [-0.4, -0.2) is 64.9 Å². The fourth-order valence-electron chi connectivity index (χ4n) is 3.75. The van der Waals surface area contributed by atoms with Crippen molar-refractivity contribution in [2.45, 2.75) is 37.8 Å². The maximum absolute atomic E-state index is 12.5. The molecule has 2 heterocycles. The number of rotatable bonds is 10. The van der Waals surface area contributed by atoms with Crippen molar-refractivity contribution in [3.05, 3.63) is 40.9 Å². The molecule has 0 saturated carbocycles. The Bertz CT molecular complexity index is 1040. The number of carboxylic acid groups (broad SMARTS) is 1. The number of aliphatic carboxylic acids is 1. The number of β-lactam (4-membered cyclic amide) rings is 1. The minimum atomic E-state index is -4.76. The summed E-state index contributed by atoms with van der Waals surface area (Å²) in [7, 11) is -4.76. The third-order valence-electron chi connectivity index (χ3n) is 4.95. The molecule has 3 N–H and O–H groups in total. The van der Waals surface area contributed by atoms with Gasteiger partial charge in [0.05, 0.1) is 23.4 Å². The van der Waals surface area contributed by atoms with Crippen LogP contribution in [0.1, 0.15) is 20.3 Å². The summed E-state index contributed by atoms with van der Waals surface area (Å²) in [5.41, 5.74) is -0.207. The van der Waals surface area contributed by atoms with Gasteiger partial charge in [-0.15, -0.1) is 11.8 Å². The molecule has 0 aliphatic carbocycles. The normalized spacial score (nSPS) is 22.1. The van der Waals surface area contributed by atoms with Gasteiger partial charge in [0, 0.05) is 11.3 Å². The van der Waals surface area contributed by atoms with E-state index in [0.717, 1.165) is 16.7 Å². The maximum atomic E-state index is 12.5. The number of carbonyl (C=O) groups is 3. The van der Waals surface area contributed by atoms with E-state index in [1.807, 2.05) is 6.07 Å². The fourth-order valence-corrected chi connectivity index (χ4v) is 5.44. The van der Waals surface area contributed by atoms with E-state index in [-0.39, 0.29) is 18.7 Å². The number of hydrogen-bond donors (Lipinski definition) is 3. The predicted molar refractivity (Wildman–Crippen MR) is 113 cm³/mol. The minimum Gasteiger partial charge on any atom is -0.484 e. The Kier molecular flexibility index (Phi) is 7.12. The fraction of sp³-hybridized carbons (Fsp3) is 0.421. The summed E-state index contributed by atoms with van der Waals surface area (Å²) in [6.07, 6.45) is -1.01. The van der Waals surface area contributed by atoms with Gasteiger partial charge in [-0.1, -0.05) is 18.2 Å². The number of ether oxygens (including phenoxy) is 1. The topological polar surface area (TPSA) is 160 Å². The third-order valence-corrected chi connectivity index (χ3v) is 6.61. The second kappa shape index (κ2) is 9.48. The van der Waals surface area contributed by atoms with Crippen molar-refractivity contribution >= 4 is 39.9 Å². The molecule has 32 heavy (non-hydrogen) atoms. The molecule has 1 aromatic rings. The number of nitrogens with zero attached hydrogens (tertiary/aromatic N) is 1. The molecule has 1 aromatic carbocycles. The number of carboxylic acids is 1. The standard InChI is InChI=1S/C19H22N2O9S2/c1-10(30-32(26,27)28)16-13-8-14(17(19(24)25)21(13)18(16)23)31-11(2)20-15(22)9-29-12-6-4-3-5-7-12/h3-7,10-11,13,16H,8-9H2,1-2H3,(H,20,22)(H,24,25)(H,26,27,28)/t10-,11?,13+,16-/m0/s1. The molecule has 11 nitrogen and oxygen atoms in total. The zero-order valence-electron chi connectivity index (χ0n) is 17.1. The largest absolute Gasteiger partial charge is 0.484 e. The predicted octanol–water partition coefficient (Wildman–Crippen LogP) is 0.996. The first kappa shape index (κ1) is 24.0. The van der Waals surface area contributed by atoms with E-state index in [1.165, 1.54) is 6.92 Å². The molecule has 174 valence electrons. The molecule has 0 radical (unpaired) electrons. The lowest BCUT2D eigenvalue weighted by atomic mass is 9.83. The highest BCUT2D eigenvalue weighted by Crippen LogP contribution is 2.48. The summed E-state index contributed by atoms with van der Waals surface area (Å²) in [6, 6.07) is 8.15. The zero-order chi connectivity index (χ0) is 23.6. The monoisotopic (exact) mass is 486 g/mol. The van der Waals surface area contributed by atoms with Crippen molar-refractivity contribution < 1.29 is 41.4 Å². The SMILES string of the molecule is CC(NC(=O)COc1ccccc1)SC1=C(C(=O)O)N2C(=O)[C@@H]([C@H](C)OS(=O)(=O)O)[C@H]2C1. The van der Waals surface area contributed by atoms with Crippen LogP contribution in [0.4, 0.5) is 0 Å².